The summed E-state index contributed by atoms with van der Waals surface area (Å²) in [6, 6.07) is 9.48. The van der Waals surface area contributed by atoms with Crippen molar-refractivity contribution in [3.8, 4) is 54.0 Å². The summed E-state index contributed by atoms with van der Waals surface area (Å²) < 4.78 is 89.6. The molecule has 182 valence electrons. The van der Waals surface area contributed by atoms with Crippen molar-refractivity contribution in [1.82, 2.24) is 0 Å². The average Bonchev–Trinajstić information content (AvgIpc) is 3.33. The quantitative estimate of drug-likeness (QED) is 0.388. The Balaban J connectivity index is 2.86. The maximum absolute atomic E-state index is 13.6. The van der Waals surface area contributed by atoms with Crippen molar-refractivity contribution >= 4 is 22.3 Å². The molecule has 0 radical (unpaired) electrons. The van der Waals surface area contributed by atoms with Crippen LogP contribution in [0.4, 0.5) is 26.3 Å². The largest absolute Gasteiger partial charge is 0.573 e. The van der Waals surface area contributed by atoms with Crippen molar-refractivity contribution in [3.63, 3.8) is 0 Å². The van der Waals surface area contributed by atoms with E-state index in [1.54, 1.807) is 0 Å². The predicted octanol–water partition coefficient (Wildman–Crippen LogP) is 4.82. The number of allylic oxidation sites excluding steroid dienone is 8. The molecule has 9 nitrogen and oxygen atoms in total. The van der Waals surface area contributed by atoms with E-state index in [4.69, 9.17) is 5.26 Å². The van der Waals surface area contributed by atoms with E-state index in [0.717, 1.165) is 0 Å². The first kappa shape index (κ1) is 26.4. The lowest BCUT2D eigenvalue weighted by atomic mass is 9.89. The molecular formula is C23HF6N7O2. The van der Waals surface area contributed by atoms with Gasteiger partial charge in [-0.15, -0.1) is 26.3 Å². The number of ether oxygens (including phenoxy) is 2. The van der Waals surface area contributed by atoms with Crippen molar-refractivity contribution in [2.24, 2.45) is 0 Å². The number of rotatable bonds is 2. The third-order valence-corrected chi connectivity index (χ3v) is 5.01. The summed E-state index contributed by atoms with van der Waals surface area (Å²) in [5.41, 5.74) is -11.1. The Morgan fingerprint density at radius 1 is 0.579 bits per heavy atom. The lowest BCUT2D eigenvalue weighted by molar-refractivity contribution is -0.277. The van der Waals surface area contributed by atoms with Crippen LogP contribution in [0.15, 0.2) is 22.8 Å². The first-order valence-electron chi connectivity index (χ1n) is 9.34. The van der Waals surface area contributed by atoms with Crippen molar-refractivity contribution in [2.75, 3.05) is 0 Å². The maximum Gasteiger partial charge on any atom is 0.573 e. The highest BCUT2D eigenvalue weighted by atomic mass is 19.4. The third kappa shape index (κ3) is 3.98. The van der Waals surface area contributed by atoms with Crippen LogP contribution in [0.3, 0.4) is 0 Å². The molecule has 15 heteroatoms. The van der Waals surface area contributed by atoms with Crippen LogP contribution in [0.1, 0.15) is 22.3 Å². The maximum atomic E-state index is 13.6. The molecule has 0 bridgehead atoms. The van der Waals surface area contributed by atoms with Crippen molar-refractivity contribution in [3.05, 3.63) is 45.0 Å². The van der Waals surface area contributed by atoms with Gasteiger partial charge in [-0.25, -0.2) is 0 Å². The van der Waals surface area contributed by atoms with E-state index >= 15 is 0 Å². The summed E-state index contributed by atoms with van der Waals surface area (Å²) in [6.45, 7) is 0. The predicted molar refractivity (Wildman–Crippen MR) is 108 cm³/mol. The molecule has 0 spiro atoms. The molecule has 1 aromatic rings. The highest BCUT2D eigenvalue weighted by Gasteiger charge is 2.48. The monoisotopic (exact) mass is 521 g/mol. The Morgan fingerprint density at radius 3 is 1.39 bits per heavy atom. The van der Waals surface area contributed by atoms with Crippen molar-refractivity contribution in [2.45, 2.75) is 12.7 Å². The van der Waals surface area contributed by atoms with E-state index in [0.29, 0.717) is 6.08 Å². The van der Waals surface area contributed by atoms with Crippen LogP contribution in [0, 0.1) is 79.3 Å². The van der Waals surface area contributed by atoms with Crippen LogP contribution in [0.5, 0.6) is 11.5 Å². The molecule has 0 N–H and O–H groups in total. The molecule has 38 heavy (non-hydrogen) atoms. The van der Waals surface area contributed by atoms with Gasteiger partial charge in [-0.3, -0.25) is 0 Å². The summed E-state index contributed by atoms with van der Waals surface area (Å²) >= 11 is 0. The Morgan fingerprint density at radius 2 is 1.00 bits per heavy atom. The van der Waals surface area contributed by atoms with Gasteiger partial charge in [0.2, 0.25) is 0 Å². The molecule has 0 aromatic heterocycles. The number of alkyl halides is 6. The normalized spacial score (nSPS) is 14.7. The van der Waals surface area contributed by atoms with Crippen LogP contribution in [-0.4, -0.2) is 12.7 Å². The number of nitrogens with zero attached hydrogens (tertiary/aromatic N) is 7. The Labute approximate surface area is 207 Å². The zero-order valence-corrected chi connectivity index (χ0v) is 17.8. The number of benzene rings is 1. The van der Waals surface area contributed by atoms with Gasteiger partial charge in [0.1, 0.15) is 53.5 Å². The topological polar surface area (TPSA) is 185 Å². The number of nitriles is 7. The molecule has 1 aromatic carbocycles. The summed E-state index contributed by atoms with van der Waals surface area (Å²) in [6.07, 6.45) is -10.8. The smallest absolute Gasteiger partial charge is 0.404 e. The van der Waals surface area contributed by atoms with Crippen molar-refractivity contribution in [1.29, 1.82) is 36.8 Å². The Bertz CT molecular complexity index is 1740. The van der Waals surface area contributed by atoms with E-state index in [2.05, 4.69) is 9.47 Å². The minimum Gasteiger partial charge on any atom is -0.404 e. The number of halogens is 6. The lowest BCUT2D eigenvalue weighted by Gasteiger charge is -2.23. The first-order valence-corrected chi connectivity index (χ1v) is 9.34. The molecule has 0 atom stereocenters. The standard InChI is InChI=1S/C23HF6N7O2/c24-22(25,26)37-20-17-12(6-34)11(5-33)10(1-2-30)16(17)21(38-23(27,28)29)19-15(9(3-31)4-32)13(7-35)14(8-36)18(19)20/h1H/b10-1-. The minimum atomic E-state index is -5.62. The molecule has 2 aliphatic rings. The van der Waals surface area contributed by atoms with E-state index in [-0.39, 0.29) is 0 Å². The molecule has 0 fully saturated rings. The summed E-state index contributed by atoms with van der Waals surface area (Å²) in [7, 11) is 0. The van der Waals surface area contributed by atoms with Crippen LogP contribution in [0.2, 0.25) is 0 Å². The fourth-order valence-corrected chi connectivity index (χ4v) is 3.92. The summed E-state index contributed by atoms with van der Waals surface area (Å²) in [5, 5.41) is 66.4. The van der Waals surface area contributed by atoms with E-state index < -0.39 is 85.5 Å². The van der Waals surface area contributed by atoms with Gasteiger partial charge in [0.25, 0.3) is 0 Å². The fourth-order valence-electron chi connectivity index (χ4n) is 3.92. The average molecular weight is 521 g/mol. The molecule has 0 aliphatic heterocycles. The van der Waals surface area contributed by atoms with E-state index in [1.807, 2.05) is 0 Å². The zero-order valence-electron chi connectivity index (χ0n) is 17.8. The highest BCUT2D eigenvalue weighted by molar-refractivity contribution is 6.18. The molecule has 0 heterocycles. The van der Waals surface area contributed by atoms with Gasteiger partial charge < -0.3 is 9.47 Å². The van der Waals surface area contributed by atoms with Gasteiger partial charge in [-0.1, -0.05) is 0 Å². The van der Waals surface area contributed by atoms with Crippen LogP contribution < -0.4 is 9.47 Å². The third-order valence-electron chi connectivity index (χ3n) is 5.01. The molecule has 0 saturated carbocycles. The Kier molecular flexibility index (Phi) is 6.32. The zero-order chi connectivity index (χ0) is 28.6. The van der Waals surface area contributed by atoms with Gasteiger partial charge in [0, 0.05) is 39.5 Å². The first-order chi connectivity index (χ1) is 17.8. The van der Waals surface area contributed by atoms with Gasteiger partial charge in [-0.05, 0) is 0 Å². The minimum absolute atomic E-state index is 0.451. The van der Waals surface area contributed by atoms with Crippen LogP contribution >= 0.6 is 0 Å². The second-order valence-corrected chi connectivity index (χ2v) is 6.86. The Hall–Kier alpha value is -6.21. The summed E-state index contributed by atoms with van der Waals surface area (Å²) in [5.74, 6) is -2.97. The highest BCUT2D eigenvalue weighted by Crippen LogP contribution is 2.60. The van der Waals surface area contributed by atoms with Gasteiger partial charge in [-0.2, -0.15) is 36.8 Å². The molecule has 0 saturated heterocycles. The second kappa shape index (κ2) is 9.10. The molecule has 0 amide bonds. The number of hydrogen-bond donors (Lipinski definition) is 0. The fraction of sp³-hybridized carbons (Fsp3) is 0.0870. The van der Waals surface area contributed by atoms with Crippen LogP contribution in [0.25, 0.3) is 22.3 Å². The van der Waals surface area contributed by atoms with Gasteiger partial charge >= 0.3 is 12.7 Å². The van der Waals surface area contributed by atoms with Crippen molar-refractivity contribution < 1.29 is 35.8 Å². The van der Waals surface area contributed by atoms with Crippen LogP contribution in [-0.2, 0) is 0 Å². The van der Waals surface area contributed by atoms with Gasteiger partial charge in [0.15, 0.2) is 0 Å². The SMILES string of the molecule is N#C/C=C1/C(C#N)=C(C#N)c2c(OC(F)(F)F)c3c(c(OC(F)(F)F)c21)C(=C(C#N)C#N)C(C#N)=C3C#N. The number of fused-ring (bicyclic) bond motifs is 2. The molecule has 0 unspecified atom stereocenters. The number of hydrogen-bond acceptors (Lipinski definition) is 9. The molecule has 2 aliphatic carbocycles. The lowest BCUT2D eigenvalue weighted by Crippen LogP contribution is -2.22. The molecular weight excluding hydrogens is 520 g/mol. The second-order valence-electron chi connectivity index (χ2n) is 6.86. The molecule has 3 rings (SSSR count). The summed E-state index contributed by atoms with van der Waals surface area (Å²) in [4.78, 5) is 0. The van der Waals surface area contributed by atoms with E-state index in [1.165, 1.54) is 42.5 Å². The van der Waals surface area contributed by atoms with Gasteiger partial charge in [0.05, 0.1) is 28.4 Å². The van der Waals surface area contributed by atoms with E-state index in [9.17, 15) is 57.9 Å².